The van der Waals surface area contributed by atoms with Gasteiger partial charge in [0.25, 0.3) is 0 Å². The second-order valence-electron chi connectivity index (χ2n) is 4.15. The summed E-state index contributed by atoms with van der Waals surface area (Å²) in [7, 11) is 1.69. The highest BCUT2D eigenvalue weighted by Crippen LogP contribution is 2.22. The van der Waals surface area contributed by atoms with Crippen LogP contribution in [-0.2, 0) is 14.3 Å². The molecule has 0 bridgehead atoms. The Labute approximate surface area is 88.5 Å². The first-order valence-electron chi connectivity index (χ1n) is 5.33. The highest BCUT2D eigenvalue weighted by atomic mass is 16.5. The van der Waals surface area contributed by atoms with Crippen molar-refractivity contribution in [1.82, 2.24) is 10.6 Å². The maximum Gasteiger partial charge on any atom is 0.244 e. The highest BCUT2D eigenvalue weighted by Gasteiger charge is 2.35. The predicted octanol–water partition coefficient (Wildman–Crippen LogP) is -0.441. The van der Waals surface area contributed by atoms with E-state index in [2.05, 4.69) is 10.6 Å². The zero-order valence-electron chi connectivity index (χ0n) is 8.79. The number of nitrogens with one attached hydrogen (secondary N) is 2. The zero-order valence-corrected chi connectivity index (χ0v) is 8.79. The summed E-state index contributed by atoms with van der Waals surface area (Å²) in [6.07, 6.45) is 3.57. The summed E-state index contributed by atoms with van der Waals surface area (Å²) < 4.78 is 5.32. The van der Waals surface area contributed by atoms with E-state index in [0.717, 1.165) is 19.3 Å². The number of carbonyl (C=O) groups excluding carboxylic acids is 2. The fraction of sp³-hybridized carbons (Fsp3) is 0.800. The molecular formula is C10H16N2O3. The van der Waals surface area contributed by atoms with Gasteiger partial charge in [0.05, 0.1) is 18.6 Å². The van der Waals surface area contributed by atoms with Crippen LogP contribution in [-0.4, -0.2) is 37.1 Å². The number of methoxy groups -OCH3 is 1. The maximum atomic E-state index is 11.3. The molecule has 0 aromatic carbocycles. The van der Waals surface area contributed by atoms with Crippen LogP contribution in [0.25, 0.3) is 0 Å². The van der Waals surface area contributed by atoms with Gasteiger partial charge < -0.3 is 10.1 Å². The molecular weight excluding hydrogens is 196 g/mol. The molecule has 1 saturated heterocycles. The number of ether oxygens (including phenoxy) is 1. The van der Waals surface area contributed by atoms with Crippen LogP contribution >= 0.6 is 0 Å². The molecule has 2 rings (SSSR count). The van der Waals surface area contributed by atoms with Crippen molar-refractivity contribution >= 4 is 11.8 Å². The van der Waals surface area contributed by atoms with Crippen molar-refractivity contribution in [3.63, 3.8) is 0 Å². The lowest BCUT2D eigenvalue weighted by Crippen LogP contribution is -2.46. The molecule has 1 heterocycles. The minimum absolute atomic E-state index is 0.175. The molecule has 5 heteroatoms. The molecule has 1 aliphatic carbocycles. The molecule has 3 unspecified atom stereocenters. The van der Waals surface area contributed by atoms with Crippen LogP contribution in [0.2, 0.25) is 0 Å². The Hall–Kier alpha value is -0.940. The van der Waals surface area contributed by atoms with Crippen LogP contribution in [0.3, 0.4) is 0 Å². The van der Waals surface area contributed by atoms with E-state index in [1.165, 1.54) is 0 Å². The Kier molecular flexibility index (Phi) is 3.02. The fourth-order valence-electron chi connectivity index (χ4n) is 2.35. The van der Waals surface area contributed by atoms with Gasteiger partial charge in [-0.25, -0.2) is 0 Å². The third-order valence-electron chi connectivity index (χ3n) is 3.14. The molecule has 15 heavy (non-hydrogen) atoms. The third kappa shape index (κ3) is 2.18. The Bertz CT molecular complexity index is 280. The van der Waals surface area contributed by atoms with Crippen molar-refractivity contribution in [1.29, 1.82) is 0 Å². The van der Waals surface area contributed by atoms with Gasteiger partial charge in [-0.2, -0.15) is 0 Å². The summed E-state index contributed by atoms with van der Waals surface area (Å²) in [6, 6.07) is -0.158. The van der Waals surface area contributed by atoms with Crippen LogP contribution in [0, 0.1) is 0 Å². The molecule has 1 saturated carbocycles. The summed E-state index contributed by atoms with van der Waals surface area (Å²) in [5, 5.41) is 5.49. The van der Waals surface area contributed by atoms with Gasteiger partial charge in [-0.15, -0.1) is 0 Å². The summed E-state index contributed by atoms with van der Waals surface area (Å²) in [6.45, 7) is 0. The number of amides is 2. The Morgan fingerprint density at radius 3 is 2.80 bits per heavy atom. The van der Waals surface area contributed by atoms with Crippen LogP contribution in [0.15, 0.2) is 0 Å². The summed E-state index contributed by atoms with van der Waals surface area (Å²) in [5.74, 6) is -0.397. The Balaban J connectivity index is 1.91. The average molecular weight is 212 g/mol. The number of hydrogen-bond donors (Lipinski definition) is 2. The first kappa shape index (κ1) is 10.6. The van der Waals surface area contributed by atoms with Crippen LogP contribution in [0.1, 0.15) is 25.7 Å². The quantitative estimate of drug-likeness (QED) is 0.622. The molecule has 84 valence electrons. The standard InChI is InChI=1S/C10H16N2O3/c1-15-8-4-2-3-6(8)11-7-5-9(13)12-10(7)14/h6-8,11H,2-5H2,1H3,(H,12,13,14). The van der Waals surface area contributed by atoms with E-state index in [1.807, 2.05) is 0 Å². The normalized spacial score (nSPS) is 35.9. The highest BCUT2D eigenvalue weighted by molar-refractivity contribution is 6.05. The van der Waals surface area contributed by atoms with Gasteiger partial charge in [-0.05, 0) is 19.3 Å². The molecule has 2 fully saturated rings. The van der Waals surface area contributed by atoms with E-state index in [9.17, 15) is 9.59 Å². The number of hydrogen-bond acceptors (Lipinski definition) is 4. The molecule has 2 N–H and O–H groups in total. The van der Waals surface area contributed by atoms with Gasteiger partial charge in [0, 0.05) is 13.2 Å². The van der Waals surface area contributed by atoms with Crippen LogP contribution < -0.4 is 10.6 Å². The van der Waals surface area contributed by atoms with Gasteiger partial charge >= 0.3 is 0 Å². The van der Waals surface area contributed by atoms with E-state index in [-0.39, 0.29) is 36.4 Å². The lowest BCUT2D eigenvalue weighted by Gasteiger charge is -2.21. The monoisotopic (exact) mass is 212 g/mol. The fourth-order valence-corrected chi connectivity index (χ4v) is 2.35. The number of carbonyl (C=O) groups is 2. The van der Waals surface area contributed by atoms with E-state index < -0.39 is 0 Å². The summed E-state index contributed by atoms with van der Waals surface area (Å²) in [4.78, 5) is 22.3. The van der Waals surface area contributed by atoms with Crippen molar-refractivity contribution < 1.29 is 14.3 Å². The van der Waals surface area contributed by atoms with E-state index >= 15 is 0 Å². The van der Waals surface area contributed by atoms with Crippen molar-refractivity contribution in [2.24, 2.45) is 0 Å². The predicted molar refractivity (Wildman–Crippen MR) is 53.1 cm³/mol. The lowest BCUT2D eigenvalue weighted by atomic mass is 10.1. The second-order valence-corrected chi connectivity index (χ2v) is 4.15. The van der Waals surface area contributed by atoms with Gasteiger partial charge in [-0.1, -0.05) is 0 Å². The SMILES string of the molecule is COC1CCCC1NC1CC(=O)NC1=O. The van der Waals surface area contributed by atoms with E-state index in [0.29, 0.717) is 0 Å². The molecule has 0 spiro atoms. The van der Waals surface area contributed by atoms with Crippen LogP contribution in [0.4, 0.5) is 0 Å². The molecule has 5 nitrogen and oxygen atoms in total. The summed E-state index contributed by atoms with van der Waals surface area (Å²) >= 11 is 0. The van der Waals surface area contributed by atoms with Crippen molar-refractivity contribution in [2.45, 2.75) is 43.9 Å². The van der Waals surface area contributed by atoms with E-state index in [4.69, 9.17) is 4.74 Å². The number of rotatable bonds is 3. The molecule has 0 aromatic rings. The molecule has 0 radical (unpaired) electrons. The molecule has 2 aliphatic rings. The summed E-state index contributed by atoms with van der Waals surface area (Å²) in [5.41, 5.74) is 0. The first-order chi connectivity index (χ1) is 7.20. The minimum Gasteiger partial charge on any atom is -0.380 e. The average Bonchev–Trinajstić information content (AvgIpc) is 2.74. The third-order valence-corrected chi connectivity index (χ3v) is 3.14. The molecule has 2 amide bonds. The Morgan fingerprint density at radius 1 is 1.40 bits per heavy atom. The molecule has 3 atom stereocenters. The van der Waals surface area contributed by atoms with E-state index in [1.54, 1.807) is 7.11 Å². The minimum atomic E-state index is -0.363. The Morgan fingerprint density at radius 2 is 2.20 bits per heavy atom. The van der Waals surface area contributed by atoms with Crippen molar-refractivity contribution in [3.8, 4) is 0 Å². The van der Waals surface area contributed by atoms with Crippen molar-refractivity contribution in [2.75, 3.05) is 7.11 Å². The first-order valence-corrected chi connectivity index (χ1v) is 5.33. The maximum absolute atomic E-state index is 11.3. The smallest absolute Gasteiger partial charge is 0.244 e. The zero-order chi connectivity index (χ0) is 10.8. The van der Waals surface area contributed by atoms with Gasteiger partial charge in [0.15, 0.2) is 0 Å². The second kappa shape index (κ2) is 4.28. The topological polar surface area (TPSA) is 67.4 Å². The van der Waals surface area contributed by atoms with Gasteiger partial charge in [0.2, 0.25) is 11.8 Å². The molecule has 0 aromatic heterocycles. The van der Waals surface area contributed by atoms with Crippen molar-refractivity contribution in [3.05, 3.63) is 0 Å². The molecule has 1 aliphatic heterocycles. The number of imide groups is 1. The largest absolute Gasteiger partial charge is 0.380 e. The van der Waals surface area contributed by atoms with Gasteiger partial charge in [0.1, 0.15) is 0 Å². The van der Waals surface area contributed by atoms with Gasteiger partial charge in [-0.3, -0.25) is 14.9 Å². The lowest BCUT2D eigenvalue weighted by molar-refractivity contribution is -0.125. The van der Waals surface area contributed by atoms with Crippen LogP contribution in [0.5, 0.6) is 0 Å².